The van der Waals surface area contributed by atoms with Crippen LogP contribution in [0.4, 0.5) is 4.79 Å². The number of amides is 3. The third-order valence-electron chi connectivity index (χ3n) is 5.98. The predicted molar refractivity (Wildman–Crippen MR) is 154 cm³/mol. The van der Waals surface area contributed by atoms with Crippen molar-refractivity contribution in [2.24, 2.45) is 0 Å². The van der Waals surface area contributed by atoms with Gasteiger partial charge in [-0.2, -0.15) is 11.8 Å². The smallest absolute Gasteiger partial charge is 0.408 e. The minimum atomic E-state index is -0.788. The highest BCUT2D eigenvalue weighted by molar-refractivity contribution is 7.98. The summed E-state index contributed by atoms with van der Waals surface area (Å²) in [5, 5.41) is 5.85. The van der Waals surface area contributed by atoms with Gasteiger partial charge in [-0.1, -0.05) is 64.3 Å². The Morgan fingerprint density at radius 2 is 1.65 bits per heavy atom. The number of aryl methyl sites for hydroxylation is 1. The summed E-state index contributed by atoms with van der Waals surface area (Å²) in [5.74, 6) is 0.236. The van der Waals surface area contributed by atoms with Gasteiger partial charge in [0.25, 0.3) is 0 Å². The van der Waals surface area contributed by atoms with Crippen molar-refractivity contribution < 1.29 is 19.1 Å². The number of rotatable bonds is 16. The van der Waals surface area contributed by atoms with Crippen molar-refractivity contribution in [2.75, 3.05) is 25.1 Å². The summed E-state index contributed by atoms with van der Waals surface area (Å²) >= 11 is 1.61. The quantitative estimate of drug-likeness (QED) is 0.258. The van der Waals surface area contributed by atoms with E-state index in [9.17, 15) is 14.4 Å². The molecule has 210 valence electrons. The van der Waals surface area contributed by atoms with Crippen molar-refractivity contribution in [2.45, 2.75) is 104 Å². The number of unbranched alkanes of at least 4 members (excludes halogenated alkanes) is 3. The Morgan fingerprint density at radius 3 is 2.19 bits per heavy atom. The van der Waals surface area contributed by atoms with E-state index in [-0.39, 0.29) is 11.8 Å². The van der Waals surface area contributed by atoms with Crippen molar-refractivity contribution in [1.82, 2.24) is 15.5 Å². The van der Waals surface area contributed by atoms with E-state index in [0.717, 1.165) is 44.1 Å². The second-order valence-corrected chi connectivity index (χ2v) is 11.3. The molecule has 0 heterocycles. The summed E-state index contributed by atoms with van der Waals surface area (Å²) in [6.45, 7) is 12.6. The molecule has 0 spiro atoms. The highest BCUT2D eigenvalue weighted by Gasteiger charge is 2.35. The molecular weight excluding hydrogens is 486 g/mol. The molecule has 0 aliphatic rings. The maximum Gasteiger partial charge on any atom is 0.408 e. The van der Waals surface area contributed by atoms with Crippen LogP contribution in [0.2, 0.25) is 0 Å². The lowest BCUT2D eigenvalue weighted by atomic mass is 9.99. The summed E-state index contributed by atoms with van der Waals surface area (Å²) < 4.78 is 5.45. The summed E-state index contributed by atoms with van der Waals surface area (Å²) in [7, 11) is 0. The Balaban J connectivity index is 3.38. The first-order chi connectivity index (χ1) is 17.6. The normalized spacial score (nSPS) is 12.9. The van der Waals surface area contributed by atoms with E-state index in [4.69, 9.17) is 4.74 Å². The molecule has 2 unspecified atom stereocenters. The maximum atomic E-state index is 14.0. The number of carbonyl (C=O) groups is 3. The standard InChI is InChI=1S/C29H49N3O4S/c1-8-11-13-19-30-26(33)25(23-16-14-22(10-3)15-17-23)32(20-12-9-2)27(34)24(18-21-37-7)31-28(35)36-29(4,5)6/h14-17,24-25H,8-13,18-21H2,1-7H3,(H,30,33)(H,31,35). The van der Waals surface area contributed by atoms with Gasteiger partial charge in [0.2, 0.25) is 11.8 Å². The molecular formula is C29H49N3O4S. The molecule has 7 nitrogen and oxygen atoms in total. The minimum Gasteiger partial charge on any atom is -0.444 e. The first-order valence-corrected chi connectivity index (χ1v) is 15.1. The Bertz CT molecular complexity index is 823. The van der Waals surface area contributed by atoms with E-state index in [1.165, 1.54) is 5.56 Å². The second-order valence-electron chi connectivity index (χ2n) is 10.4. The maximum absolute atomic E-state index is 14.0. The number of benzene rings is 1. The number of alkyl carbamates (subject to hydrolysis) is 1. The van der Waals surface area contributed by atoms with E-state index >= 15 is 0 Å². The second kappa shape index (κ2) is 17.3. The molecule has 1 rings (SSSR count). The zero-order chi connectivity index (χ0) is 27.8. The molecule has 2 N–H and O–H groups in total. The highest BCUT2D eigenvalue weighted by Crippen LogP contribution is 2.25. The number of nitrogens with zero attached hydrogens (tertiary/aromatic N) is 1. The number of carbonyl (C=O) groups excluding carboxylic acids is 3. The Hall–Kier alpha value is -2.22. The Morgan fingerprint density at radius 1 is 1.00 bits per heavy atom. The monoisotopic (exact) mass is 535 g/mol. The fourth-order valence-corrected chi connectivity index (χ4v) is 4.40. The van der Waals surface area contributed by atoms with Gasteiger partial charge in [-0.25, -0.2) is 4.79 Å². The van der Waals surface area contributed by atoms with Crippen molar-refractivity contribution in [1.29, 1.82) is 0 Å². The van der Waals surface area contributed by atoms with Gasteiger partial charge in [0.15, 0.2) is 0 Å². The third-order valence-corrected chi connectivity index (χ3v) is 6.62. The summed E-state index contributed by atoms with van der Waals surface area (Å²) in [5.41, 5.74) is 1.26. The van der Waals surface area contributed by atoms with Crippen LogP contribution in [0.5, 0.6) is 0 Å². The molecule has 0 aliphatic heterocycles. The number of thioether (sulfide) groups is 1. The zero-order valence-electron chi connectivity index (χ0n) is 24.0. The van der Waals surface area contributed by atoms with E-state index < -0.39 is 23.8 Å². The van der Waals surface area contributed by atoms with Gasteiger partial charge in [0, 0.05) is 13.1 Å². The van der Waals surface area contributed by atoms with E-state index in [0.29, 0.717) is 25.3 Å². The first kappa shape index (κ1) is 32.8. The molecule has 3 amide bonds. The molecule has 8 heteroatoms. The van der Waals surface area contributed by atoms with E-state index in [2.05, 4.69) is 31.4 Å². The number of ether oxygens (including phenoxy) is 1. The predicted octanol–water partition coefficient (Wildman–Crippen LogP) is 5.87. The summed E-state index contributed by atoms with van der Waals surface area (Å²) in [6, 6.07) is 6.35. The molecule has 2 atom stereocenters. The van der Waals surface area contributed by atoms with Crippen LogP contribution in [-0.4, -0.2) is 59.5 Å². The van der Waals surface area contributed by atoms with Crippen LogP contribution >= 0.6 is 11.8 Å². The molecule has 1 aromatic carbocycles. The van der Waals surface area contributed by atoms with Gasteiger partial charge >= 0.3 is 6.09 Å². The number of hydrogen-bond acceptors (Lipinski definition) is 5. The molecule has 0 fully saturated rings. The summed E-state index contributed by atoms with van der Waals surface area (Å²) in [4.78, 5) is 41.9. The van der Waals surface area contributed by atoms with Crippen molar-refractivity contribution >= 4 is 29.7 Å². The molecule has 0 radical (unpaired) electrons. The zero-order valence-corrected chi connectivity index (χ0v) is 24.8. The van der Waals surface area contributed by atoms with Gasteiger partial charge in [0.1, 0.15) is 17.7 Å². The number of hydrogen-bond donors (Lipinski definition) is 2. The highest BCUT2D eigenvalue weighted by atomic mass is 32.2. The van der Waals surface area contributed by atoms with E-state index in [1.54, 1.807) is 37.4 Å². The average molecular weight is 536 g/mol. The minimum absolute atomic E-state index is 0.189. The lowest BCUT2D eigenvalue weighted by Gasteiger charge is -2.34. The lowest BCUT2D eigenvalue weighted by molar-refractivity contribution is -0.142. The van der Waals surface area contributed by atoms with Crippen LogP contribution in [0, 0.1) is 0 Å². The fraction of sp³-hybridized carbons (Fsp3) is 0.690. The van der Waals surface area contributed by atoms with Crippen LogP contribution in [-0.2, 0) is 20.7 Å². The summed E-state index contributed by atoms with van der Waals surface area (Å²) in [6.07, 6.45) is 7.28. The van der Waals surface area contributed by atoms with Crippen molar-refractivity contribution in [3.63, 3.8) is 0 Å². The van der Waals surface area contributed by atoms with Gasteiger partial charge in [-0.05, 0) is 69.6 Å². The van der Waals surface area contributed by atoms with Crippen LogP contribution in [0.25, 0.3) is 0 Å². The van der Waals surface area contributed by atoms with Gasteiger partial charge < -0.3 is 20.3 Å². The van der Waals surface area contributed by atoms with Crippen LogP contribution in [0.1, 0.15) is 97.2 Å². The fourth-order valence-electron chi connectivity index (χ4n) is 3.93. The van der Waals surface area contributed by atoms with Crippen LogP contribution in [0.15, 0.2) is 24.3 Å². The van der Waals surface area contributed by atoms with Crippen LogP contribution in [0.3, 0.4) is 0 Å². The van der Waals surface area contributed by atoms with Crippen LogP contribution < -0.4 is 10.6 Å². The molecule has 0 aliphatic carbocycles. The molecule has 0 saturated carbocycles. The van der Waals surface area contributed by atoms with Crippen molar-refractivity contribution in [3.05, 3.63) is 35.4 Å². The molecule has 1 aromatic rings. The van der Waals surface area contributed by atoms with Gasteiger partial charge in [0.05, 0.1) is 0 Å². The molecule has 0 aromatic heterocycles. The first-order valence-electron chi connectivity index (χ1n) is 13.7. The van der Waals surface area contributed by atoms with E-state index in [1.807, 2.05) is 30.5 Å². The molecule has 0 saturated heterocycles. The third kappa shape index (κ3) is 12.2. The Labute approximate surface area is 228 Å². The Kier molecular flexibility index (Phi) is 15.4. The SMILES string of the molecule is CCCCCNC(=O)C(c1ccc(CC)cc1)N(CCCC)C(=O)C(CCSC)NC(=O)OC(C)(C)C. The average Bonchev–Trinajstić information content (AvgIpc) is 2.85. The van der Waals surface area contributed by atoms with Crippen molar-refractivity contribution in [3.8, 4) is 0 Å². The number of nitrogens with one attached hydrogen (secondary N) is 2. The molecule has 37 heavy (non-hydrogen) atoms. The lowest BCUT2D eigenvalue weighted by Crippen LogP contribution is -2.53. The molecule has 0 bridgehead atoms. The largest absolute Gasteiger partial charge is 0.444 e. The van der Waals surface area contributed by atoms with Gasteiger partial charge in [-0.15, -0.1) is 0 Å². The van der Waals surface area contributed by atoms with Gasteiger partial charge in [-0.3, -0.25) is 9.59 Å². The topological polar surface area (TPSA) is 87.7 Å².